The zero-order valence-corrected chi connectivity index (χ0v) is 5.50. The van der Waals surface area contributed by atoms with Gasteiger partial charge in [-0.3, -0.25) is 0 Å². The topological polar surface area (TPSA) is 9.23 Å². The number of ether oxygens (including phenoxy) is 1. The van der Waals surface area contributed by atoms with E-state index in [0.29, 0.717) is 0 Å². The predicted octanol–water partition coefficient (Wildman–Crippen LogP) is 2.18. The smallest absolute Gasteiger partial charge is 0.0466 e. The van der Waals surface area contributed by atoms with Gasteiger partial charge in [0.05, 0.1) is 0 Å². The molecule has 1 nitrogen and oxygen atoms in total. The van der Waals surface area contributed by atoms with E-state index >= 15 is 0 Å². The molecule has 0 radical (unpaired) electrons. The van der Waals surface area contributed by atoms with Gasteiger partial charge in [-0.15, -0.1) is 0 Å². The van der Waals surface area contributed by atoms with Crippen molar-refractivity contribution in [1.29, 1.82) is 0 Å². The lowest BCUT2D eigenvalue weighted by atomic mass is 10.4. The van der Waals surface area contributed by atoms with Crippen molar-refractivity contribution in [3.63, 3.8) is 0 Å². The molecule has 0 bridgehead atoms. The third kappa shape index (κ3) is 4.39. The van der Waals surface area contributed by atoms with Gasteiger partial charge in [-0.05, 0) is 12.8 Å². The second-order valence-corrected chi connectivity index (χ2v) is 1.32. The van der Waals surface area contributed by atoms with Crippen LogP contribution in [0.3, 0.4) is 0 Å². The molecular formula is C4H8Cl2O. The summed E-state index contributed by atoms with van der Waals surface area (Å²) in [6, 6.07) is 0. The van der Waals surface area contributed by atoms with Crippen LogP contribution >= 0.6 is 21.7 Å². The summed E-state index contributed by atoms with van der Waals surface area (Å²) in [6.07, 6.45) is 2.56. The summed E-state index contributed by atoms with van der Waals surface area (Å²) in [5.74, 6) is 0. The van der Waals surface area contributed by atoms with E-state index < -0.39 is 0 Å². The Morgan fingerprint density at radius 2 is 1.43 bits per heavy atom. The Labute approximate surface area is 53.1 Å². The fourth-order valence-corrected chi connectivity index (χ4v) is 0.510. The van der Waals surface area contributed by atoms with Gasteiger partial charge in [0.15, 0.2) is 0 Å². The van der Waals surface area contributed by atoms with Crippen LogP contribution in [0.25, 0.3) is 0 Å². The normalized spacial score (nSPS) is 18.0. The Bertz CT molecular complexity index is 21.3. The lowest BCUT2D eigenvalue weighted by Crippen LogP contribution is -1.74. The van der Waals surface area contributed by atoms with E-state index in [1.165, 1.54) is 12.8 Å². The lowest BCUT2D eigenvalue weighted by molar-refractivity contribution is 0.198. The van der Waals surface area contributed by atoms with Crippen LogP contribution in [0.5, 0.6) is 0 Å². The molecule has 0 aromatic rings. The summed E-state index contributed by atoms with van der Waals surface area (Å²) < 4.78 is 4.94. The van der Waals surface area contributed by atoms with E-state index in [0.717, 1.165) is 13.2 Å². The van der Waals surface area contributed by atoms with Crippen molar-refractivity contribution < 1.29 is 4.74 Å². The Kier molecular flexibility index (Phi) is 7.04. The minimum absolute atomic E-state index is 1.00. The van der Waals surface area contributed by atoms with Crippen LogP contribution in [-0.4, -0.2) is 13.2 Å². The molecule has 1 rings (SSSR count). The van der Waals surface area contributed by atoms with Crippen LogP contribution in [0.1, 0.15) is 12.8 Å². The Balaban J connectivity index is 0.000000162. The maximum Gasteiger partial charge on any atom is 0.0466 e. The Morgan fingerprint density at radius 1 is 1.00 bits per heavy atom. The molecule has 0 N–H and O–H groups in total. The van der Waals surface area contributed by atoms with E-state index in [1.54, 1.807) is 0 Å². The van der Waals surface area contributed by atoms with Crippen molar-refractivity contribution in [2.75, 3.05) is 13.2 Å². The van der Waals surface area contributed by atoms with Crippen LogP contribution in [-0.2, 0) is 4.74 Å². The van der Waals surface area contributed by atoms with Gasteiger partial charge >= 0.3 is 0 Å². The monoisotopic (exact) mass is 142 g/mol. The highest BCUT2D eigenvalue weighted by atomic mass is 36.5. The maximum atomic E-state index is 4.94. The highest BCUT2D eigenvalue weighted by molar-refractivity contribution is 6.85. The highest BCUT2D eigenvalue weighted by Crippen LogP contribution is 1.98. The summed E-state index contributed by atoms with van der Waals surface area (Å²) in [6.45, 7) is 2.00. The molecule has 0 spiro atoms. The third-order valence-corrected chi connectivity index (χ3v) is 0.827. The average molecular weight is 143 g/mol. The fraction of sp³-hybridized carbons (Fsp3) is 1.00. The minimum Gasteiger partial charge on any atom is -0.381 e. The molecule has 1 heterocycles. The van der Waals surface area contributed by atoms with Crippen LogP contribution in [0.15, 0.2) is 0 Å². The van der Waals surface area contributed by atoms with E-state index in [4.69, 9.17) is 4.74 Å². The molecule has 1 fully saturated rings. The van der Waals surface area contributed by atoms with Crippen molar-refractivity contribution in [2.45, 2.75) is 12.8 Å². The summed E-state index contributed by atoms with van der Waals surface area (Å²) in [5, 5.41) is 0. The largest absolute Gasteiger partial charge is 0.381 e. The highest BCUT2D eigenvalue weighted by Gasteiger charge is 1.94. The number of hydrogen-bond donors (Lipinski definition) is 0. The zero-order valence-electron chi connectivity index (χ0n) is 3.99. The van der Waals surface area contributed by atoms with Crippen LogP contribution < -0.4 is 0 Å². The molecule has 7 heavy (non-hydrogen) atoms. The van der Waals surface area contributed by atoms with Crippen LogP contribution in [0.2, 0.25) is 0 Å². The summed E-state index contributed by atoms with van der Waals surface area (Å²) in [7, 11) is 8.22. The van der Waals surface area contributed by atoms with Crippen molar-refractivity contribution in [3.8, 4) is 0 Å². The molecule has 0 aromatic carbocycles. The molecule has 1 aliphatic rings. The first-order chi connectivity index (χ1) is 3.50. The van der Waals surface area contributed by atoms with Crippen molar-refractivity contribution in [2.24, 2.45) is 0 Å². The van der Waals surface area contributed by atoms with Gasteiger partial charge < -0.3 is 4.74 Å². The number of halogens is 2. The Morgan fingerprint density at radius 3 is 1.57 bits per heavy atom. The molecule has 0 aromatic heterocycles. The second-order valence-electron chi connectivity index (χ2n) is 1.32. The molecule has 0 atom stereocenters. The summed E-state index contributed by atoms with van der Waals surface area (Å²) >= 11 is 0. The first-order valence-electron chi connectivity index (χ1n) is 2.22. The summed E-state index contributed by atoms with van der Waals surface area (Å²) in [5.41, 5.74) is 0. The first-order valence-corrected chi connectivity index (χ1v) is 3.36. The van der Waals surface area contributed by atoms with Gasteiger partial charge in [0.25, 0.3) is 0 Å². The van der Waals surface area contributed by atoms with Crippen molar-refractivity contribution in [1.82, 2.24) is 0 Å². The maximum absolute atomic E-state index is 4.94. The Hall–Kier alpha value is 0.540. The molecule has 0 amide bonds. The molecule has 44 valence electrons. The van der Waals surface area contributed by atoms with Gasteiger partial charge in [0.2, 0.25) is 0 Å². The molecular weight excluding hydrogens is 135 g/mol. The van der Waals surface area contributed by atoms with Crippen LogP contribution in [0.4, 0.5) is 0 Å². The molecule has 0 unspecified atom stereocenters. The quantitative estimate of drug-likeness (QED) is 0.504. The summed E-state index contributed by atoms with van der Waals surface area (Å²) in [4.78, 5) is 0. The molecule has 0 saturated carbocycles. The first kappa shape index (κ1) is 7.54. The minimum atomic E-state index is 1.00. The SMILES string of the molecule is C1CCOC1.ClCl. The average Bonchev–Trinajstić information content (AvgIpc) is 2.23. The standard InChI is InChI=1S/C4H8O.Cl2/c1-2-4-5-3-1;1-2/h1-4H2;. The third-order valence-electron chi connectivity index (χ3n) is 0.827. The van der Waals surface area contributed by atoms with Gasteiger partial charge in [-0.1, -0.05) is 0 Å². The number of rotatable bonds is 0. The molecule has 0 aliphatic carbocycles. The van der Waals surface area contributed by atoms with E-state index in [1.807, 2.05) is 0 Å². The van der Waals surface area contributed by atoms with Crippen molar-refractivity contribution >= 4 is 21.7 Å². The van der Waals surface area contributed by atoms with Gasteiger partial charge in [-0.2, -0.15) is 0 Å². The number of hydrogen-bond acceptors (Lipinski definition) is 1. The molecule has 3 heteroatoms. The van der Waals surface area contributed by atoms with Crippen LogP contribution in [0, 0.1) is 0 Å². The van der Waals surface area contributed by atoms with Gasteiger partial charge in [0.1, 0.15) is 0 Å². The van der Waals surface area contributed by atoms with E-state index in [9.17, 15) is 0 Å². The lowest BCUT2D eigenvalue weighted by Gasteiger charge is -1.76. The van der Waals surface area contributed by atoms with E-state index in [-0.39, 0.29) is 0 Å². The van der Waals surface area contributed by atoms with Gasteiger partial charge in [0, 0.05) is 34.9 Å². The molecule has 1 saturated heterocycles. The fourth-order valence-electron chi connectivity index (χ4n) is 0.510. The van der Waals surface area contributed by atoms with Gasteiger partial charge in [-0.25, -0.2) is 0 Å². The van der Waals surface area contributed by atoms with E-state index in [2.05, 4.69) is 21.7 Å². The second kappa shape index (κ2) is 6.54. The molecule has 1 aliphatic heterocycles. The van der Waals surface area contributed by atoms with Crippen molar-refractivity contribution in [3.05, 3.63) is 0 Å². The zero-order chi connectivity index (χ0) is 5.54. The predicted molar refractivity (Wildman–Crippen MR) is 31.8 cm³/mol.